The third-order valence-corrected chi connectivity index (χ3v) is 5.04. The number of fused-ring (bicyclic) bond motifs is 2. The zero-order chi connectivity index (χ0) is 11.0. The fourth-order valence-corrected chi connectivity index (χ4v) is 3.95. The van der Waals surface area contributed by atoms with Crippen molar-refractivity contribution < 1.29 is 0 Å². The molecule has 1 aromatic rings. The third kappa shape index (κ3) is 3.01. The molecular weight excluding hydrogens is 298 g/mol. The van der Waals surface area contributed by atoms with Gasteiger partial charge in [-0.2, -0.15) is 0 Å². The molecular formula is C12H18BrN3S. The van der Waals surface area contributed by atoms with E-state index in [2.05, 4.69) is 30.7 Å². The molecule has 17 heavy (non-hydrogen) atoms. The average Bonchev–Trinajstić information content (AvgIpc) is 2.65. The lowest BCUT2D eigenvalue weighted by atomic mass is 9.99. The average molecular weight is 316 g/mol. The van der Waals surface area contributed by atoms with Crippen LogP contribution in [0.2, 0.25) is 0 Å². The molecule has 2 fully saturated rings. The fraction of sp³-hybridized carbons (Fsp3) is 0.667. The van der Waals surface area contributed by atoms with E-state index in [0.717, 1.165) is 16.2 Å². The molecule has 2 atom stereocenters. The van der Waals surface area contributed by atoms with Crippen molar-refractivity contribution in [1.82, 2.24) is 9.88 Å². The summed E-state index contributed by atoms with van der Waals surface area (Å²) in [5.74, 6) is 0.846. The molecule has 1 aromatic heterocycles. The van der Waals surface area contributed by atoms with Crippen LogP contribution in [0.25, 0.3) is 0 Å². The van der Waals surface area contributed by atoms with Crippen molar-refractivity contribution in [3.63, 3.8) is 0 Å². The van der Waals surface area contributed by atoms with E-state index >= 15 is 0 Å². The zero-order valence-electron chi connectivity index (χ0n) is 9.94. The van der Waals surface area contributed by atoms with Gasteiger partial charge < -0.3 is 9.80 Å². The number of hydrogen-bond acceptors (Lipinski definition) is 4. The van der Waals surface area contributed by atoms with Gasteiger partial charge in [-0.3, -0.25) is 0 Å². The van der Waals surface area contributed by atoms with Gasteiger partial charge in [-0.25, -0.2) is 4.98 Å². The monoisotopic (exact) mass is 315 g/mol. The number of halogens is 1. The Morgan fingerprint density at radius 3 is 2.94 bits per heavy atom. The predicted molar refractivity (Wildman–Crippen MR) is 76.5 cm³/mol. The molecule has 0 saturated carbocycles. The van der Waals surface area contributed by atoms with E-state index in [0.29, 0.717) is 0 Å². The maximum absolute atomic E-state index is 4.47. The number of piperidine rings is 1. The van der Waals surface area contributed by atoms with Crippen molar-refractivity contribution in [3.8, 4) is 0 Å². The lowest BCUT2D eigenvalue weighted by molar-refractivity contribution is 0.201. The minimum Gasteiger partial charge on any atom is -0.346 e. The minimum absolute atomic E-state index is 0. The number of anilines is 1. The van der Waals surface area contributed by atoms with E-state index in [4.69, 9.17) is 0 Å². The highest BCUT2D eigenvalue weighted by atomic mass is 79.9. The summed E-state index contributed by atoms with van der Waals surface area (Å²) in [6, 6.07) is 0. The minimum atomic E-state index is 0. The van der Waals surface area contributed by atoms with Crippen molar-refractivity contribution in [2.75, 3.05) is 37.6 Å². The fourth-order valence-electron chi connectivity index (χ4n) is 2.73. The summed E-state index contributed by atoms with van der Waals surface area (Å²) >= 11 is 5.24. The second-order valence-corrected chi connectivity index (χ2v) is 7.09. The van der Waals surface area contributed by atoms with Crippen LogP contribution in [0.5, 0.6) is 0 Å². The molecule has 2 bridgehead atoms. The van der Waals surface area contributed by atoms with Gasteiger partial charge in [0.25, 0.3) is 0 Å². The summed E-state index contributed by atoms with van der Waals surface area (Å²) in [4.78, 5) is 9.55. The van der Waals surface area contributed by atoms with Crippen LogP contribution in [-0.4, -0.2) is 42.6 Å². The molecule has 0 amide bonds. The molecule has 3 nitrogen and oxygen atoms in total. The molecule has 2 saturated heterocycles. The Hall–Kier alpha value is -0.130. The van der Waals surface area contributed by atoms with Crippen LogP contribution in [0.4, 0.5) is 5.13 Å². The van der Waals surface area contributed by atoms with Gasteiger partial charge >= 0.3 is 0 Å². The van der Waals surface area contributed by atoms with Crippen molar-refractivity contribution in [1.29, 1.82) is 0 Å². The van der Waals surface area contributed by atoms with Crippen LogP contribution >= 0.6 is 27.3 Å². The largest absolute Gasteiger partial charge is 0.346 e. The third-order valence-electron chi connectivity index (χ3n) is 3.50. The van der Waals surface area contributed by atoms with Gasteiger partial charge in [0.05, 0.1) is 9.98 Å². The highest BCUT2D eigenvalue weighted by Gasteiger charge is 2.27. The Morgan fingerprint density at radius 1 is 1.29 bits per heavy atom. The summed E-state index contributed by atoms with van der Waals surface area (Å²) in [6.07, 6.45) is 4.68. The Morgan fingerprint density at radius 2 is 2.18 bits per heavy atom. The Bertz CT molecular complexity index is 368. The van der Waals surface area contributed by atoms with Crippen LogP contribution in [0.1, 0.15) is 12.8 Å². The van der Waals surface area contributed by atoms with Crippen molar-refractivity contribution in [2.45, 2.75) is 12.8 Å². The molecule has 2 aliphatic heterocycles. The highest BCUT2D eigenvalue weighted by molar-refractivity contribution is 9.11. The van der Waals surface area contributed by atoms with Crippen molar-refractivity contribution >= 4 is 32.4 Å². The van der Waals surface area contributed by atoms with E-state index in [9.17, 15) is 0 Å². The second-order valence-electron chi connectivity index (χ2n) is 4.70. The van der Waals surface area contributed by atoms with Crippen LogP contribution in [-0.2, 0) is 0 Å². The number of nitrogens with zero attached hydrogens (tertiary/aromatic N) is 3. The van der Waals surface area contributed by atoms with Gasteiger partial charge in [0.1, 0.15) is 0 Å². The maximum Gasteiger partial charge on any atom is 0.186 e. The van der Waals surface area contributed by atoms with Gasteiger partial charge in [0, 0.05) is 26.2 Å². The molecule has 2 radical (unpaired) electrons. The molecule has 0 aromatic carbocycles. The Labute approximate surface area is 116 Å². The maximum atomic E-state index is 4.47. The van der Waals surface area contributed by atoms with Gasteiger partial charge in [-0.1, -0.05) is 18.8 Å². The molecule has 3 heterocycles. The molecule has 3 rings (SSSR count). The molecule has 0 spiro atoms. The summed E-state index contributed by atoms with van der Waals surface area (Å²) in [5.41, 5.74) is 0. The Kier molecular flexibility index (Phi) is 4.44. The SMILES string of the molecule is Brc1cnc(N2CCN3CCCC(C3)C2)s1.[CH2]. The number of aromatic nitrogens is 1. The first-order chi connectivity index (χ1) is 7.81. The van der Waals surface area contributed by atoms with E-state index in [1.165, 1.54) is 44.2 Å². The van der Waals surface area contributed by atoms with E-state index in [1.54, 1.807) is 11.3 Å². The first-order valence-electron chi connectivity index (χ1n) is 5.90. The number of thiazole rings is 1. The topological polar surface area (TPSA) is 19.4 Å². The summed E-state index contributed by atoms with van der Waals surface area (Å²) in [6.45, 7) is 6.12. The van der Waals surface area contributed by atoms with Crippen molar-refractivity contribution in [2.24, 2.45) is 5.92 Å². The second kappa shape index (κ2) is 5.67. The molecule has 0 N–H and O–H groups in total. The zero-order valence-corrected chi connectivity index (χ0v) is 12.3. The smallest absolute Gasteiger partial charge is 0.186 e. The van der Waals surface area contributed by atoms with E-state index in [-0.39, 0.29) is 7.43 Å². The summed E-state index contributed by atoms with van der Waals surface area (Å²) in [5, 5.41) is 1.18. The molecule has 0 aliphatic carbocycles. The van der Waals surface area contributed by atoms with Crippen molar-refractivity contribution in [3.05, 3.63) is 17.4 Å². The molecule has 94 valence electrons. The normalized spacial score (nSPS) is 28.4. The highest BCUT2D eigenvalue weighted by Crippen LogP contribution is 2.29. The Balaban J connectivity index is 0.00000108. The van der Waals surface area contributed by atoms with Gasteiger partial charge in [-0.05, 0) is 41.2 Å². The van der Waals surface area contributed by atoms with Crippen LogP contribution in [0.15, 0.2) is 9.98 Å². The van der Waals surface area contributed by atoms with Crippen LogP contribution in [0, 0.1) is 13.3 Å². The molecule has 5 heteroatoms. The lowest BCUT2D eigenvalue weighted by Gasteiger charge is -2.29. The molecule has 2 unspecified atom stereocenters. The standard InChI is InChI=1S/C11H16BrN3S.CH2/c12-10-6-13-11(16-10)15-5-4-14-3-1-2-9(7-14)8-15;/h6,9H,1-5,7-8H2;1H2. The van der Waals surface area contributed by atoms with E-state index < -0.39 is 0 Å². The quantitative estimate of drug-likeness (QED) is 0.794. The van der Waals surface area contributed by atoms with E-state index in [1.807, 2.05) is 6.20 Å². The first-order valence-corrected chi connectivity index (χ1v) is 7.51. The van der Waals surface area contributed by atoms with Gasteiger partial charge in [0.2, 0.25) is 0 Å². The van der Waals surface area contributed by atoms with Crippen LogP contribution < -0.4 is 4.90 Å². The van der Waals surface area contributed by atoms with Crippen LogP contribution in [0.3, 0.4) is 0 Å². The van der Waals surface area contributed by atoms with Gasteiger partial charge in [0.15, 0.2) is 5.13 Å². The molecule has 2 aliphatic rings. The van der Waals surface area contributed by atoms with Gasteiger partial charge in [-0.15, -0.1) is 0 Å². The summed E-state index contributed by atoms with van der Waals surface area (Å²) in [7, 11) is 0. The lowest BCUT2D eigenvalue weighted by Crippen LogP contribution is -2.35. The first kappa shape index (κ1) is 13.3. The summed E-state index contributed by atoms with van der Waals surface area (Å²) < 4.78 is 1.13. The number of hydrogen-bond donors (Lipinski definition) is 0. The number of rotatable bonds is 1. The predicted octanol–water partition coefficient (Wildman–Crippen LogP) is 2.76.